The van der Waals surface area contributed by atoms with E-state index in [-0.39, 0.29) is 32.0 Å². The Kier molecular flexibility index (Phi) is 10.0. The molecule has 2 aromatic rings. The van der Waals surface area contributed by atoms with Crippen LogP contribution < -0.4 is 4.74 Å². The van der Waals surface area contributed by atoms with Gasteiger partial charge in [-0.2, -0.15) is 0 Å². The van der Waals surface area contributed by atoms with Crippen LogP contribution >= 0.6 is 31.2 Å². The van der Waals surface area contributed by atoms with Crippen molar-refractivity contribution in [2.75, 3.05) is 13.0 Å². The summed E-state index contributed by atoms with van der Waals surface area (Å²) >= 11 is 12.2. The third-order valence-electron chi connectivity index (χ3n) is 3.79. The van der Waals surface area contributed by atoms with Gasteiger partial charge in [0.2, 0.25) is 0 Å². The Bertz CT molecular complexity index is 880. The van der Waals surface area contributed by atoms with Gasteiger partial charge in [0.25, 0.3) is 0 Å². The summed E-state index contributed by atoms with van der Waals surface area (Å²) in [4.78, 5) is 10.5. The van der Waals surface area contributed by atoms with Gasteiger partial charge < -0.3 is 24.2 Å². The molecule has 0 heterocycles. The van der Waals surface area contributed by atoms with E-state index in [0.29, 0.717) is 21.4 Å². The summed E-state index contributed by atoms with van der Waals surface area (Å²) in [6, 6.07) is 8.88. The summed E-state index contributed by atoms with van der Waals surface area (Å²) in [7, 11) is -2.67. The van der Waals surface area contributed by atoms with Crippen LogP contribution in [0.1, 0.15) is 17.5 Å². The number of aliphatic hydroxyl groups excluding tert-OH is 1. The molecule has 7 nitrogen and oxygen atoms in total. The smallest absolute Gasteiger partial charge is 0.305 e. The quantitative estimate of drug-likeness (QED) is 0.261. The lowest BCUT2D eigenvalue weighted by atomic mass is 10.2. The van der Waals surface area contributed by atoms with E-state index < -0.39 is 26.5 Å². The first-order valence-electron chi connectivity index (χ1n) is 8.73. The van der Waals surface area contributed by atoms with Crippen molar-refractivity contribution in [1.82, 2.24) is 0 Å². The maximum Gasteiger partial charge on any atom is 0.305 e. The first kappa shape index (κ1) is 24.6. The van der Waals surface area contributed by atoms with Gasteiger partial charge in [-0.05, 0) is 29.8 Å². The summed E-state index contributed by atoms with van der Waals surface area (Å²) in [5.41, 5.74) is 1.22. The second-order valence-corrected chi connectivity index (χ2v) is 8.50. The highest BCUT2D eigenvalue weighted by atomic mass is 35.5. The molecule has 0 aromatic heterocycles. The number of ether oxygens (including phenoxy) is 2. The fourth-order valence-corrected chi connectivity index (χ4v) is 3.76. The maximum absolute atomic E-state index is 13.0. The minimum Gasteiger partial charge on any atom is -0.488 e. The van der Waals surface area contributed by atoms with Crippen LogP contribution in [0, 0.1) is 5.82 Å². The van der Waals surface area contributed by atoms with E-state index in [2.05, 4.69) is 0 Å². The molecule has 0 saturated heterocycles. The highest BCUT2D eigenvalue weighted by Crippen LogP contribution is 2.32. The Morgan fingerprint density at radius 2 is 1.87 bits per heavy atom. The van der Waals surface area contributed by atoms with Crippen molar-refractivity contribution in [3.63, 3.8) is 0 Å². The van der Waals surface area contributed by atoms with Crippen LogP contribution in [0.3, 0.4) is 0 Å². The molecule has 2 atom stereocenters. The van der Waals surface area contributed by atoms with Crippen LogP contribution in [0.4, 0.5) is 4.39 Å². The Balaban J connectivity index is 1.89. The molecule has 2 N–H and O–H groups in total. The number of carboxylic acid groups (broad SMARTS) is 1. The van der Waals surface area contributed by atoms with Crippen molar-refractivity contribution in [3.8, 4) is 5.75 Å². The Labute approximate surface area is 183 Å². The van der Waals surface area contributed by atoms with Crippen molar-refractivity contribution in [1.29, 1.82) is 0 Å². The summed E-state index contributed by atoms with van der Waals surface area (Å²) in [6.07, 6.45) is -2.06. The van der Waals surface area contributed by atoms with E-state index >= 15 is 0 Å². The second kappa shape index (κ2) is 12.2. The zero-order chi connectivity index (χ0) is 22.1. The van der Waals surface area contributed by atoms with Gasteiger partial charge in [0, 0.05) is 16.7 Å². The molecule has 30 heavy (non-hydrogen) atoms. The minimum absolute atomic E-state index is 0.0401. The van der Waals surface area contributed by atoms with E-state index in [1.165, 1.54) is 18.2 Å². The molecule has 1 unspecified atom stereocenters. The summed E-state index contributed by atoms with van der Waals surface area (Å²) in [5.74, 6) is -1.19. The lowest BCUT2D eigenvalue weighted by Gasteiger charge is -2.14. The molecule has 0 amide bonds. The van der Waals surface area contributed by atoms with Crippen molar-refractivity contribution in [3.05, 3.63) is 63.4 Å². The normalized spacial score (nSPS) is 13.1. The summed E-state index contributed by atoms with van der Waals surface area (Å²) < 4.78 is 40.8. The molecule has 0 aliphatic carbocycles. The van der Waals surface area contributed by atoms with Crippen molar-refractivity contribution >= 4 is 37.2 Å². The number of aliphatic hydroxyl groups is 1. The van der Waals surface area contributed by atoms with Crippen molar-refractivity contribution in [2.45, 2.75) is 25.7 Å². The zero-order valence-corrected chi connectivity index (χ0v) is 18.2. The molecule has 2 aromatic carbocycles. The third-order valence-corrected chi connectivity index (χ3v) is 5.59. The molecule has 11 heteroatoms. The molecule has 164 valence electrons. The summed E-state index contributed by atoms with van der Waals surface area (Å²) in [6.45, 7) is -0.245. The van der Waals surface area contributed by atoms with Crippen LogP contribution in [-0.4, -0.2) is 35.2 Å². The Morgan fingerprint density at radius 1 is 1.17 bits per heavy atom. The number of halogens is 3. The van der Waals surface area contributed by atoms with E-state index in [4.69, 9.17) is 42.3 Å². The Morgan fingerprint density at radius 3 is 2.53 bits per heavy atom. The first-order valence-corrected chi connectivity index (χ1v) is 11.0. The molecule has 0 radical (unpaired) electrons. The zero-order valence-electron chi connectivity index (χ0n) is 15.6. The predicted molar refractivity (Wildman–Crippen MR) is 110 cm³/mol. The van der Waals surface area contributed by atoms with Gasteiger partial charge in [-0.15, -0.1) is 0 Å². The van der Waals surface area contributed by atoms with Gasteiger partial charge in [-0.3, -0.25) is 9.36 Å². The number of rotatable bonds is 12. The fraction of sp³-hybridized carbons (Fsp3) is 0.316. The van der Waals surface area contributed by atoms with Crippen LogP contribution in [-0.2, 0) is 31.8 Å². The highest BCUT2D eigenvalue weighted by Gasteiger charge is 2.15. The van der Waals surface area contributed by atoms with Crippen LogP contribution in [0.5, 0.6) is 5.75 Å². The minimum atomic E-state index is -2.67. The molecule has 2 rings (SSSR count). The highest BCUT2D eigenvalue weighted by molar-refractivity contribution is 7.39. The monoisotopic (exact) mass is 480 g/mol. The molecule has 0 spiro atoms. The summed E-state index contributed by atoms with van der Waals surface area (Å²) in [5, 5.41) is 18.7. The topological polar surface area (TPSA) is 102 Å². The molecular weight excluding hydrogens is 461 g/mol. The van der Waals surface area contributed by atoms with Gasteiger partial charge in [-0.25, -0.2) is 4.39 Å². The molecule has 0 fully saturated rings. The number of benzene rings is 2. The number of hydrogen-bond donors (Lipinski definition) is 2. The average molecular weight is 481 g/mol. The first-order chi connectivity index (χ1) is 14.2. The van der Waals surface area contributed by atoms with Gasteiger partial charge in [0.05, 0.1) is 24.2 Å². The van der Waals surface area contributed by atoms with Crippen LogP contribution in [0.25, 0.3) is 0 Å². The van der Waals surface area contributed by atoms with Gasteiger partial charge >= 0.3 is 5.97 Å². The van der Waals surface area contributed by atoms with E-state index in [1.54, 1.807) is 18.2 Å². The third kappa shape index (κ3) is 8.60. The Hall–Kier alpha value is -1.67. The van der Waals surface area contributed by atoms with Crippen LogP contribution in [0.2, 0.25) is 10.0 Å². The van der Waals surface area contributed by atoms with Gasteiger partial charge in [0.15, 0.2) is 14.8 Å². The van der Waals surface area contributed by atoms with E-state index in [1.807, 2.05) is 0 Å². The molecule has 0 aliphatic rings. The van der Waals surface area contributed by atoms with E-state index in [9.17, 15) is 18.9 Å². The molecule has 0 bridgehead atoms. The standard InChI is InChI=1S/C19H20Cl2FO7P/c20-13-5-17(21)16(9-27-11-29-30(26)10-15(23)7-19(24)25)18(6-13)28-8-12-1-3-14(22)4-2-12/h1-6,15,23,30H,7-11H2,(H,24,25)/t15-/m0/s1. The number of carbonyl (C=O) groups is 1. The van der Waals surface area contributed by atoms with E-state index in [0.717, 1.165) is 5.56 Å². The van der Waals surface area contributed by atoms with Crippen LogP contribution in [0.15, 0.2) is 36.4 Å². The maximum atomic E-state index is 13.0. The van der Waals surface area contributed by atoms with Gasteiger partial charge in [0.1, 0.15) is 18.2 Å². The van der Waals surface area contributed by atoms with Gasteiger partial charge in [-0.1, -0.05) is 35.3 Å². The second-order valence-electron chi connectivity index (χ2n) is 6.22. The van der Waals surface area contributed by atoms with Crippen molar-refractivity contribution in [2.24, 2.45) is 0 Å². The fourth-order valence-electron chi connectivity index (χ4n) is 2.37. The number of aliphatic carboxylic acids is 1. The molecular formula is C19H20Cl2FO7P. The molecule has 0 aliphatic heterocycles. The lowest BCUT2D eigenvalue weighted by molar-refractivity contribution is -0.138. The number of hydrogen-bond acceptors (Lipinski definition) is 6. The number of carboxylic acids is 1. The van der Waals surface area contributed by atoms with Crippen molar-refractivity contribution < 1.29 is 38.0 Å². The molecule has 0 saturated carbocycles. The lowest BCUT2D eigenvalue weighted by Crippen LogP contribution is -2.15. The predicted octanol–water partition coefficient (Wildman–Crippen LogP) is 4.51. The average Bonchev–Trinajstić information content (AvgIpc) is 2.65. The largest absolute Gasteiger partial charge is 0.488 e. The SMILES string of the molecule is O=C(O)C[C@H](O)C[PH](=O)OCOCc1c(Cl)cc(Cl)cc1OCc1ccc(F)cc1.